The van der Waals surface area contributed by atoms with Crippen LogP contribution in [0.25, 0.3) is 17.2 Å². The van der Waals surface area contributed by atoms with Crippen LogP contribution < -0.4 is 9.64 Å². The molecular weight excluding hydrogens is 641 g/mol. The van der Waals surface area contributed by atoms with Gasteiger partial charge in [0.25, 0.3) is 0 Å². The van der Waals surface area contributed by atoms with Gasteiger partial charge in [0.1, 0.15) is 5.75 Å². The van der Waals surface area contributed by atoms with Gasteiger partial charge in [-0.05, 0) is 108 Å². The third-order valence-electron chi connectivity index (χ3n) is 8.37. The van der Waals surface area contributed by atoms with Gasteiger partial charge in [0, 0.05) is 33.2 Å². The Kier molecular flexibility index (Phi) is 10.8. The molecule has 0 bridgehead atoms. The van der Waals surface area contributed by atoms with E-state index in [1.807, 2.05) is 60.7 Å². The zero-order valence-electron chi connectivity index (χ0n) is 27.8. The highest BCUT2D eigenvalue weighted by atomic mass is 35.5. The fourth-order valence-corrected chi connectivity index (χ4v) is 5.82. The summed E-state index contributed by atoms with van der Waals surface area (Å²) in [6, 6.07) is 49.9. The smallest absolute Gasteiger partial charge is 0.119 e. The quantitative estimate of drug-likeness (QED) is 0.134. The van der Waals surface area contributed by atoms with Crippen LogP contribution in [0.2, 0.25) is 10.0 Å². The van der Waals surface area contributed by atoms with Gasteiger partial charge in [-0.15, -0.1) is 0 Å². The Morgan fingerprint density at radius 3 is 1.37 bits per heavy atom. The van der Waals surface area contributed by atoms with Crippen LogP contribution in [0.15, 0.2) is 164 Å². The molecule has 0 saturated carbocycles. The maximum atomic E-state index is 6.28. The average Bonchev–Trinajstić information content (AvgIpc) is 3.13. The highest BCUT2D eigenvalue weighted by molar-refractivity contribution is 6.31. The second-order valence-corrected chi connectivity index (χ2v) is 12.8. The lowest BCUT2D eigenvalue weighted by Gasteiger charge is -2.24. The fraction of sp³-hybridized carbons (Fsp3) is 0.0667. The Hall–Kier alpha value is -5.28. The monoisotopic (exact) mass is 677 g/mol. The van der Waals surface area contributed by atoms with Crippen molar-refractivity contribution in [1.29, 1.82) is 0 Å². The summed E-state index contributed by atoms with van der Waals surface area (Å²) < 4.78 is 5.46. The molecule has 0 atom stereocenters. The van der Waals surface area contributed by atoms with E-state index in [1.54, 1.807) is 7.11 Å². The third kappa shape index (κ3) is 8.61. The van der Waals surface area contributed by atoms with E-state index in [0.717, 1.165) is 39.4 Å². The molecule has 0 heterocycles. The van der Waals surface area contributed by atoms with E-state index in [1.165, 1.54) is 27.8 Å². The first-order valence-corrected chi connectivity index (χ1v) is 16.9. The molecule has 0 spiro atoms. The molecule has 6 rings (SSSR count). The summed E-state index contributed by atoms with van der Waals surface area (Å²) in [6.07, 6.45) is 8.63. The van der Waals surface area contributed by atoms with E-state index >= 15 is 0 Å². The molecule has 49 heavy (non-hydrogen) atoms. The Bertz CT molecular complexity index is 1980. The summed E-state index contributed by atoms with van der Waals surface area (Å²) in [5.41, 5.74) is 12.3. The highest BCUT2D eigenvalue weighted by Gasteiger charge is 2.13. The lowest BCUT2D eigenvalue weighted by atomic mass is 9.96. The van der Waals surface area contributed by atoms with Crippen LogP contribution in [0.1, 0.15) is 38.9 Å². The number of hydrogen-bond acceptors (Lipinski definition) is 2. The zero-order valence-corrected chi connectivity index (χ0v) is 29.3. The van der Waals surface area contributed by atoms with Crippen molar-refractivity contribution in [3.63, 3.8) is 0 Å². The molecule has 6 aromatic carbocycles. The number of aryl methyl sites for hydroxylation is 2. The maximum Gasteiger partial charge on any atom is 0.119 e. The Labute approximate surface area is 299 Å². The molecule has 0 aliphatic carbocycles. The van der Waals surface area contributed by atoms with E-state index in [2.05, 4.69) is 128 Å². The van der Waals surface area contributed by atoms with Crippen LogP contribution in [-0.4, -0.2) is 7.11 Å². The van der Waals surface area contributed by atoms with E-state index < -0.39 is 0 Å². The number of benzene rings is 6. The van der Waals surface area contributed by atoms with Gasteiger partial charge in [0.05, 0.1) is 7.11 Å². The summed E-state index contributed by atoms with van der Waals surface area (Å²) in [5, 5.41) is 1.38. The number of allylic oxidation sites excluding steroid dienone is 2. The summed E-state index contributed by atoms with van der Waals surface area (Å²) >= 11 is 12.6. The molecule has 0 N–H and O–H groups in total. The topological polar surface area (TPSA) is 12.5 Å². The summed E-state index contributed by atoms with van der Waals surface area (Å²) in [6.45, 7) is 4.23. The predicted octanol–water partition coefficient (Wildman–Crippen LogP) is 13.0. The molecule has 0 unspecified atom stereocenters. The van der Waals surface area contributed by atoms with Crippen LogP contribution >= 0.6 is 23.2 Å². The molecule has 242 valence electrons. The minimum Gasteiger partial charge on any atom is -0.497 e. The number of nitrogens with zero attached hydrogens (tertiary/aromatic N) is 1. The number of halogens is 2. The molecular formula is C45H37Cl2NO. The lowest BCUT2D eigenvalue weighted by molar-refractivity contribution is 0.415. The van der Waals surface area contributed by atoms with Crippen molar-refractivity contribution in [3.05, 3.63) is 213 Å². The number of ether oxygens (including phenoxy) is 1. The highest BCUT2D eigenvalue weighted by Crippen LogP contribution is 2.34. The van der Waals surface area contributed by atoms with Gasteiger partial charge in [0.15, 0.2) is 0 Å². The van der Waals surface area contributed by atoms with Crippen LogP contribution in [0.5, 0.6) is 5.75 Å². The van der Waals surface area contributed by atoms with Crippen molar-refractivity contribution in [2.24, 2.45) is 0 Å². The number of hydrogen-bond donors (Lipinski definition) is 0. The summed E-state index contributed by atoms with van der Waals surface area (Å²) in [5.74, 6) is 0.799. The minimum atomic E-state index is 0.689. The largest absolute Gasteiger partial charge is 0.497 e. The number of methoxy groups -OCH3 is 1. The van der Waals surface area contributed by atoms with Gasteiger partial charge < -0.3 is 9.64 Å². The van der Waals surface area contributed by atoms with Crippen molar-refractivity contribution >= 4 is 51.8 Å². The normalized spacial score (nSPS) is 10.9. The Morgan fingerprint density at radius 1 is 0.510 bits per heavy atom. The molecule has 2 nitrogen and oxygen atoms in total. The SMILES string of the molecule is COc1ccc(N(C=C(c2ccc(Cl)cc2)c2ccc(Cl)cc2)c2ccc(/C=C/C=C(c3ccc(C)cc3)c3ccc(C)cc3)cc2)cc1. The van der Waals surface area contributed by atoms with E-state index in [0.29, 0.717) is 10.0 Å². The molecule has 0 fully saturated rings. The second-order valence-electron chi connectivity index (χ2n) is 11.9. The van der Waals surface area contributed by atoms with Crippen molar-refractivity contribution in [2.75, 3.05) is 12.0 Å². The van der Waals surface area contributed by atoms with Gasteiger partial charge in [-0.2, -0.15) is 0 Å². The average molecular weight is 679 g/mol. The van der Waals surface area contributed by atoms with E-state index in [9.17, 15) is 0 Å². The first-order chi connectivity index (χ1) is 23.9. The van der Waals surface area contributed by atoms with Crippen molar-refractivity contribution < 1.29 is 4.74 Å². The number of rotatable bonds is 10. The Morgan fingerprint density at radius 2 is 0.918 bits per heavy atom. The van der Waals surface area contributed by atoms with E-state index in [4.69, 9.17) is 27.9 Å². The summed E-state index contributed by atoms with van der Waals surface area (Å²) in [7, 11) is 1.68. The van der Waals surface area contributed by atoms with Crippen LogP contribution in [0.3, 0.4) is 0 Å². The maximum absolute atomic E-state index is 6.28. The fourth-order valence-electron chi connectivity index (χ4n) is 5.57. The lowest BCUT2D eigenvalue weighted by Crippen LogP contribution is -2.10. The van der Waals surface area contributed by atoms with Crippen LogP contribution in [0.4, 0.5) is 11.4 Å². The van der Waals surface area contributed by atoms with Gasteiger partial charge in [-0.1, -0.05) is 137 Å². The molecule has 6 aromatic rings. The van der Waals surface area contributed by atoms with Crippen LogP contribution in [0, 0.1) is 13.8 Å². The van der Waals surface area contributed by atoms with Gasteiger partial charge in [-0.25, -0.2) is 0 Å². The molecule has 0 aliphatic heterocycles. The number of anilines is 2. The zero-order chi connectivity index (χ0) is 34.2. The second kappa shape index (κ2) is 15.7. The Balaban J connectivity index is 1.37. The van der Waals surface area contributed by atoms with Gasteiger partial charge >= 0.3 is 0 Å². The molecule has 4 heteroatoms. The van der Waals surface area contributed by atoms with Crippen LogP contribution in [-0.2, 0) is 0 Å². The van der Waals surface area contributed by atoms with Gasteiger partial charge in [-0.3, -0.25) is 0 Å². The van der Waals surface area contributed by atoms with E-state index in [-0.39, 0.29) is 0 Å². The molecule has 0 radical (unpaired) electrons. The molecule has 0 amide bonds. The van der Waals surface area contributed by atoms with Crippen molar-refractivity contribution in [1.82, 2.24) is 0 Å². The first kappa shape index (κ1) is 33.6. The minimum absolute atomic E-state index is 0.689. The third-order valence-corrected chi connectivity index (χ3v) is 8.87. The molecule has 0 aromatic heterocycles. The van der Waals surface area contributed by atoms with Crippen molar-refractivity contribution in [3.8, 4) is 5.75 Å². The first-order valence-electron chi connectivity index (χ1n) is 16.2. The van der Waals surface area contributed by atoms with Crippen molar-refractivity contribution in [2.45, 2.75) is 13.8 Å². The molecule has 0 saturated heterocycles. The molecule has 0 aliphatic rings. The summed E-state index contributed by atoms with van der Waals surface area (Å²) in [4.78, 5) is 2.19. The van der Waals surface area contributed by atoms with Gasteiger partial charge in [0.2, 0.25) is 0 Å². The standard InChI is InChI=1S/C45H37Cl2NO/c1-32-7-13-35(14-8-32)44(36-15-9-33(2)10-16-36)6-4-5-34-11-25-41(26-12-34)48(42-27-29-43(49-3)30-28-42)31-45(37-17-21-39(46)22-18-37)38-19-23-40(47)24-20-38/h4-31H,1-3H3/b5-4+. The predicted molar refractivity (Wildman–Crippen MR) is 210 cm³/mol.